The van der Waals surface area contributed by atoms with E-state index in [-0.39, 0.29) is 0 Å². The van der Waals surface area contributed by atoms with Crippen molar-refractivity contribution in [2.75, 3.05) is 18.0 Å². The molecule has 0 spiro atoms. The van der Waals surface area contributed by atoms with E-state index in [1.165, 1.54) is 0 Å². The summed E-state index contributed by atoms with van der Waals surface area (Å²) >= 11 is 3.53. The number of hydrogen-bond acceptors (Lipinski definition) is 2. The quantitative estimate of drug-likeness (QED) is 0.472. The number of aliphatic hydroxyl groups excluding tert-OH is 1. The zero-order valence-electron chi connectivity index (χ0n) is 17.0. The minimum Gasteiger partial charge on any atom is -0.382 e. The van der Waals surface area contributed by atoms with Gasteiger partial charge >= 0.3 is 6.18 Å². The summed E-state index contributed by atoms with van der Waals surface area (Å²) in [5, 5.41) is 9.81. The third-order valence-electron chi connectivity index (χ3n) is 5.96. The fourth-order valence-corrected chi connectivity index (χ4v) is 5.01. The zero-order valence-corrected chi connectivity index (χ0v) is 18.6. The van der Waals surface area contributed by atoms with Gasteiger partial charge in [0.2, 0.25) is 0 Å². The summed E-state index contributed by atoms with van der Waals surface area (Å²) in [5.74, 6) is 0. The van der Waals surface area contributed by atoms with E-state index in [1.807, 2.05) is 73.7 Å². The van der Waals surface area contributed by atoms with E-state index in [2.05, 4.69) is 22.0 Å². The average molecular weight is 490 g/mol. The average Bonchev–Trinajstić information content (AvgIpc) is 3.02. The van der Waals surface area contributed by atoms with Crippen molar-refractivity contribution in [3.63, 3.8) is 0 Å². The zero-order chi connectivity index (χ0) is 22.2. The maximum Gasteiger partial charge on any atom is 0.416 e. The Morgan fingerprint density at radius 1 is 1.03 bits per heavy atom. The van der Waals surface area contributed by atoms with Crippen LogP contribution in [0.15, 0.2) is 77.3 Å². The number of alkyl halides is 3. The number of para-hydroxylation sites is 1. The topological polar surface area (TPSA) is 23.5 Å². The second kappa shape index (κ2) is 8.32. The molecule has 3 aromatic carbocycles. The van der Waals surface area contributed by atoms with Gasteiger partial charge in [-0.05, 0) is 48.2 Å². The van der Waals surface area contributed by atoms with Crippen LogP contribution in [0.5, 0.6) is 0 Å². The lowest BCUT2D eigenvalue weighted by Gasteiger charge is -2.33. The van der Waals surface area contributed by atoms with Crippen LogP contribution in [0.4, 0.5) is 18.9 Å². The second-order valence-electron chi connectivity index (χ2n) is 8.21. The van der Waals surface area contributed by atoms with Crippen molar-refractivity contribution in [1.29, 1.82) is 0 Å². The molecule has 1 aliphatic rings. The van der Waals surface area contributed by atoms with Gasteiger partial charge in [0.05, 0.1) is 6.54 Å². The molecule has 1 N–H and O–H groups in total. The Labute approximate surface area is 188 Å². The molecule has 31 heavy (non-hydrogen) atoms. The van der Waals surface area contributed by atoms with E-state index >= 15 is 0 Å². The van der Waals surface area contributed by atoms with Gasteiger partial charge in [-0.1, -0.05) is 76.1 Å². The number of rotatable bonds is 5. The molecule has 0 aromatic heterocycles. The molecule has 3 aromatic rings. The van der Waals surface area contributed by atoms with Gasteiger partial charge in [0, 0.05) is 22.1 Å². The van der Waals surface area contributed by atoms with Crippen LogP contribution in [0.2, 0.25) is 0 Å². The first-order chi connectivity index (χ1) is 14.7. The largest absolute Gasteiger partial charge is 0.416 e. The standard InChI is InChI=1S/C25H23BrF3NO/c1-17-6-4-8-19(12-17)24(14-18-7-5-9-20(26)13-18)16-30(15-23(31)25(27,28)29)22-11-3-2-10-21(22)24/h2-13,23,31H,14-16H2,1H3/t23-,24?/m1/s1. The molecule has 0 radical (unpaired) electrons. The predicted molar refractivity (Wildman–Crippen MR) is 121 cm³/mol. The summed E-state index contributed by atoms with van der Waals surface area (Å²) < 4.78 is 40.4. The van der Waals surface area contributed by atoms with Crippen molar-refractivity contribution in [2.45, 2.75) is 31.0 Å². The molecule has 2 atom stereocenters. The highest BCUT2D eigenvalue weighted by atomic mass is 79.9. The van der Waals surface area contributed by atoms with Crippen LogP contribution in [0.25, 0.3) is 0 Å². The number of β-amino-alcohol motifs (C(OH)–C–C–N with tert-alkyl or cyclic N) is 1. The molecular weight excluding hydrogens is 467 g/mol. The monoisotopic (exact) mass is 489 g/mol. The summed E-state index contributed by atoms with van der Waals surface area (Å²) in [4.78, 5) is 1.67. The summed E-state index contributed by atoms with van der Waals surface area (Å²) in [6, 6.07) is 23.8. The predicted octanol–water partition coefficient (Wildman–Crippen LogP) is 6.03. The first kappa shape index (κ1) is 21.9. The fraction of sp³-hybridized carbons (Fsp3) is 0.280. The van der Waals surface area contributed by atoms with E-state index in [0.717, 1.165) is 32.4 Å². The number of aliphatic hydroxyl groups is 1. The van der Waals surface area contributed by atoms with Crippen LogP contribution in [0.3, 0.4) is 0 Å². The van der Waals surface area contributed by atoms with Crippen molar-refractivity contribution in [2.24, 2.45) is 0 Å². The highest BCUT2D eigenvalue weighted by Crippen LogP contribution is 2.47. The molecule has 6 heteroatoms. The van der Waals surface area contributed by atoms with Gasteiger partial charge in [-0.2, -0.15) is 13.2 Å². The molecule has 0 saturated heterocycles. The molecule has 0 bridgehead atoms. The molecule has 0 fully saturated rings. The number of nitrogens with zero attached hydrogens (tertiary/aromatic N) is 1. The first-order valence-electron chi connectivity index (χ1n) is 10.1. The van der Waals surface area contributed by atoms with Crippen LogP contribution in [0.1, 0.15) is 22.3 Å². The van der Waals surface area contributed by atoms with Gasteiger partial charge < -0.3 is 10.0 Å². The van der Waals surface area contributed by atoms with Crippen molar-refractivity contribution in [3.8, 4) is 0 Å². The van der Waals surface area contributed by atoms with E-state index in [9.17, 15) is 18.3 Å². The first-order valence-corrected chi connectivity index (χ1v) is 10.9. The Bertz CT molecular complexity index is 1080. The maximum atomic E-state index is 13.2. The molecule has 1 heterocycles. The van der Waals surface area contributed by atoms with Crippen LogP contribution >= 0.6 is 15.9 Å². The second-order valence-corrected chi connectivity index (χ2v) is 9.13. The van der Waals surface area contributed by atoms with Gasteiger partial charge in [0.25, 0.3) is 0 Å². The molecule has 0 saturated carbocycles. The van der Waals surface area contributed by atoms with Crippen LogP contribution in [-0.4, -0.2) is 30.5 Å². The Hall–Kier alpha value is -2.31. The van der Waals surface area contributed by atoms with Crippen LogP contribution < -0.4 is 4.90 Å². The number of hydrogen-bond donors (Lipinski definition) is 1. The minimum atomic E-state index is -4.66. The number of fused-ring (bicyclic) bond motifs is 1. The maximum absolute atomic E-state index is 13.2. The molecule has 2 nitrogen and oxygen atoms in total. The Kier molecular flexibility index (Phi) is 5.88. The molecule has 0 aliphatic carbocycles. The van der Waals surface area contributed by atoms with Gasteiger partial charge in [-0.15, -0.1) is 0 Å². The molecule has 4 rings (SSSR count). The van der Waals surface area contributed by atoms with Gasteiger partial charge in [0.1, 0.15) is 0 Å². The lowest BCUT2D eigenvalue weighted by molar-refractivity contribution is -0.200. The highest BCUT2D eigenvalue weighted by molar-refractivity contribution is 9.10. The summed E-state index contributed by atoms with van der Waals surface area (Å²) in [6.07, 6.45) is -6.43. The third-order valence-corrected chi connectivity index (χ3v) is 6.45. The van der Waals surface area contributed by atoms with E-state index < -0.39 is 24.2 Å². The Morgan fingerprint density at radius 3 is 2.48 bits per heavy atom. The minimum absolute atomic E-state index is 0.357. The normalized spacial score (nSPS) is 19.4. The molecular formula is C25H23BrF3NO. The fourth-order valence-electron chi connectivity index (χ4n) is 4.56. The molecule has 0 amide bonds. The van der Waals surface area contributed by atoms with Crippen molar-refractivity contribution in [3.05, 3.63) is 99.5 Å². The lowest BCUT2D eigenvalue weighted by Crippen LogP contribution is -2.44. The molecule has 1 aliphatic heterocycles. The van der Waals surface area contributed by atoms with Crippen LogP contribution in [0, 0.1) is 6.92 Å². The molecule has 1 unspecified atom stereocenters. The SMILES string of the molecule is Cc1cccc(C2(Cc3cccc(Br)c3)CN(C[C@@H](O)C(F)(F)F)c3ccccc32)c1. The summed E-state index contributed by atoms with van der Waals surface area (Å²) in [5.41, 5.74) is 4.43. The van der Waals surface area contributed by atoms with Crippen molar-refractivity contribution < 1.29 is 18.3 Å². The van der Waals surface area contributed by atoms with Gasteiger partial charge in [-0.25, -0.2) is 0 Å². The van der Waals surface area contributed by atoms with E-state index in [4.69, 9.17) is 0 Å². The van der Waals surface area contributed by atoms with E-state index in [0.29, 0.717) is 13.0 Å². The molecule has 162 valence electrons. The number of benzene rings is 3. The van der Waals surface area contributed by atoms with Crippen LogP contribution in [-0.2, 0) is 11.8 Å². The Balaban J connectivity index is 1.84. The van der Waals surface area contributed by atoms with Gasteiger partial charge in [0.15, 0.2) is 6.10 Å². The number of anilines is 1. The summed E-state index contributed by atoms with van der Waals surface area (Å²) in [6.45, 7) is 1.88. The third kappa shape index (κ3) is 4.37. The number of aryl methyl sites for hydroxylation is 1. The lowest BCUT2D eigenvalue weighted by atomic mass is 9.71. The smallest absolute Gasteiger partial charge is 0.382 e. The van der Waals surface area contributed by atoms with Crippen molar-refractivity contribution >= 4 is 21.6 Å². The summed E-state index contributed by atoms with van der Waals surface area (Å²) in [7, 11) is 0. The van der Waals surface area contributed by atoms with Crippen molar-refractivity contribution in [1.82, 2.24) is 0 Å². The highest BCUT2D eigenvalue weighted by Gasteiger charge is 2.47. The Morgan fingerprint density at radius 2 is 1.77 bits per heavy atom. The number of halogens is 4. The van der Waals surface area contributed by atoms with Gasteiger partial charge in [-0.3, -0.25) is 0 Å². The van der Waals surface area contributed by atoms with E-state index in [1.54, 1.807) is 4.90 Å².